The molecule has 1 fully saturated rings. The van der Waals surface area contributed by atoms with E-state index in [0.29, 0.717) is 13.1 Å². The number of nitrogens with two attached hydrogens (primary N) is 1. The number of ether oxygens (including phenoxy) is 1. The van der Waals surface area contributed by atoms with Gasteiger partial charge in [-0.05, 0) is 37.3 Å². The van der Waals surface area contributed by atoms with Crippen molar-refractivity contribution in [3.8, 4) is 6.07 Å². The highest BCUT2D eigenvalue weighted by molar-refractivity contribution is 7.89. The average Bonchev–Trinajstić information content (AvgIpc) is 2.83. The van der Waals surface area contributed by atoms with Gasteiger partial charge in [-0.25, -0.2) is 13.2 Å². The molecule has 2 N–H and O–H groups in total. The van der Waals surface area contributed by atoms with Crippen LogP contribution in [0.5, 0.6) is 0 Å². The van der Waals surface area contributed by atoms with E-state index in [1.54, 1.807) is 6.07 Å². The lowest BCUT2D eigenvalue weighted by Crippen LogP contribution is -2.48. The molecule has 178 valence electrons. The number of sulfonamides is 1. The van der Waals surface area contributed by atoms with Gasteiger partial charge in [-0.15, -0.1) is 0 Å². The highest BCUT2D eigenvalue weighted by atomic mass is 35.5. The fourth-order valence-electron chi connectivity index (χ4n) is 3.45. The van der Waals surface area contributed by atoms with E-state index in [9.17, 15) is 18.0 Å². The van der Waals surface area contributed by atoms with Crippen LogP contribution in [0.3, 0.4) is 0 Å². The summed E-state index contributed by atoms with van der Waals surface area (Å²) in [6.45, 7) is 2.23. The summed E-state index contributed by atoms with van der Waals surface area (Å²) < 4.78 is 32.7. The summed E-state index contributed by atoms with van der Waals surface area (Å²) in [4.78, 5) is 26.5. The quantitative estimate of drug-likeness (QED) is 0.346. The molecule has 3 rings (SSSR count). The third kappa shape index (κ3) is 5.56. The number of carbonyl (C=O) groups is 2. The van der Waals surface area contributed by atoms with Gasteiger partial charge in [0.2, 0.25) is 15.8 Å². The van der Waals surface area contributed by atoms with Gasteiger partial charge in [0.15, 0.2) is 6.61 Å². The zero-order valence-electron chi connectivity index (χ0n) is 18.4. The molecule has 0 bridgehead atoms. The van der Waals surface area contributed by atoms with Crippen LogP contribution in [0.2, 0.25) is 5.02 Å². The molecule has 34 heavy (non-hydrogen) atoms. The van der Waals surface area contributed by atoms with E-state index in [1.165, 1.54) is 23.4 Å². The minimum absolute atomic E-state index is 0.00188. The molecule has 1 aliphatic rings. The van der Waals surface area contributed by atoms with Crippen LogP contribution in [0.25, 0.3) is 0 Å². The molecule has 0 aliphatic carbocycles. The summed E-state index contributed by atoms with van der Waals surface area (Å²) in [5.41, 5.74) is 5.97. The summed E-state index contributed by atoms with van der Waals surface area (Å²) in [5.74, 6) is -1.76. The fraction of sp³-hybridized carbons (Fsp3) is 0.261. The predicted molar refractivity (Wildman–Crippen MR) is 127 cm³/mol. The largest absolute Gasteiger partial charge is 0.454 e. The topological polar surface area (TPSA) is 134 Å². The summed E-state index contributed by atoms with van der Waals surface area (Å²) in [6, 6.07) is 15.1. The number of rotatable bonds is 7. The second-order valence-corrected chi connectivity index (χ2v) is 9.88. The molecule has 0 atom stereocenters. The maximum Gasteiger partial charge on any atom is 0.340 e. The number of allylic oxidation sites excluding steroid dienone is 1. The molecule has 1 heterocycles. The van der Waals surface area contributed by atoms with Crippen molar-refractivity contribution in [3.63, 3.8) is 0 Å². The number of Topliss-reactive ketones (excluding diaryl/α,β-unsaturated/α-hetero) is 1. The van der Waals surface area contributed by atoms with E-state index in [4.69, 9.17) is 27.3 Å². The molecule has 0 aromatic heterocycles. The molecule has 0 unspecified atom stereocenters. The van der Waals surface area contributed by atoms with E-state index < -0.39 is 28.4 Å². The van der Waals surface area contributed by atoms with Gasteiger partial charge >= 0.3 is 5.97 Å². The van der Waals surface area contributed by atoms with Gasteiger partial charge in [0.05, 0.1) is 15.5 Å². The Labute approximate surface area is 203 Å². The third-order valence-electron chi connectivity index (χ3n) is 5.27. The van der Waals surface area contributed by atoms with Crippen LogP contribution in [-0.4, -0.2) is 57.3 Å². The lowest BCUT2D eigenvalue weighted by molar-refractivity contribution is -0.118. The zero-order valence-corrected chi connectivity index (χ0v) is 20.0. The predicted octanol–water partition coefficient (Wildman–Crippen LogP) is 2.33. The summed E-state index contributed by atoms with van der Waals surface area (Å²) in [5, 5.41) is 8.95. The molecule has 11 heteroatoms. The highest BCUT2D eigenvalue weighted by Crippen LogP contribution is 2.25. The lowest BCUT2D eigenvalue weighted by atomic mass is 10.1. The first-order chi connectivity index (χ1) is 16.1. The van der Waals surface area contributed by atoms with E-state index >= 15 is 0 Å². The monoisotopic (exact) mass is 502 g/mol. The Balaban J connectivity index is 1.72. The molecule has 2 aromatic carbocycles. The Morgan fingerprint density at radius 2 is 1.76 bits per heavy atom. The third-order valence-corrected chi connectivity index (χ3v) is 7.50. The average molecular weight is 503 g/mol. The Bertz CT molecular complexity index is 1260. The molecule has 2 aromatic rings. The van der Waals surface area contributed by atoms with E-state index in [-0.39, 0.29) is 39.8 Å². The molecule has 0 radical (unpaired) electrons. The number of piperazine rings is 1. The number of benzene rings is 2. The fourth-order valence-corrected chi connectivity index (χ4v) is 5.09. The van der Waals surface area contributed by atoms with Crippen molar-refractivity contribution in [2.75, 3.05) is 37.7 Å². The highest BCUT2D eigenvalue weighted by Gasteiger charge is 2.30. The Hall–Kier alpha value is -3.39. The molecular weight excluding hydrogens is 480 g/mol. The second kappa shape index (κ2) is 10.7. The Kier molecular flexibility index (Phi) is 7.94. The van der Waals surface area contributed by atoms with Gasteiger partial charge in [0.1, 0.15) is 11.6 Å². The standard InChI is InChI=1S/C23H23ClN4O5S/c1-16(26)20(14-25)22(29)15-33-23(30)19-13-18(7-8-21(19)24)34(31,32)28-11-9-27(10-12-28)17-5-3-2-4-6-17/h2-8,13H,9-12,15,26H2,1H3/b20-16-. The zero-order chi connectivity index (χ0) is 24.9. The minimum Gasteiger partial charge on any atom is -0.454 e. The van der Waals surface area contributed by atoms with Crippen molar-refractivity contribution >= 4 is 39.1 Å². The van der Waals surface area contributed by atoms with Crippen molar-refractivity contribution in [2.45, 2.75) is 11.8 Å². The van der Waals surface area contributed by atoms with Gasteiger partial charge < -0.3 is 15.4 Å². The van der Waals surface area contributed by atoms with Gasteiger partial charge in [0.25, 0.3) is 0 Å². The van der Waals surface area contributed by atoms with Gasteiger partial charge in [-0.1, -0.05) is 29.8 Å². The Morgan fingerprint density at radius 1 is 1.12 bits per heavy atom. The second-order valence-electron chi connectivity index (χ2n) is 7.54. The summed E-state index contributed by atoms with van der Waals surface area (Å²) in [7, 11) is -3.89. The van der Waals surface area contributed by atoms with Crippen LogP contribution in [-0.2, 0) is 19.6 Å². The number of para-hydroxylation sites is 1. The number of anilines is 1. The van der Waals surface area contributed by atoms with E-state index in [0.717, 1.165) is 11.8 Å². The normalized spacial score (nSPS) is 15.3. The number of carbonyl (C=O) groups excluding carboxylic acids is 2. The molecule has 0 saturated carbocycles. The van der Waals surface area contributed by atoms with Gasteiger partial charge in [-0.2, -0.15) is 9.57 Å². The van der Waals surface area contributed by atoms with Crippen LogP contribution < -0.4 is 10.6 Å². The van der Waals surface area contributed by atoms with Crippen molar-refractivity contribution in [1.29, 1.82) is 5.26 Å². The van der Waals surface area contributed by atoms with E-state index in [2.05, 4.69) is 4.90 Å². The Morgan fingerprint density at radius 3 is 2.35 bits per heavy atom. The number of nitrogens with zero attached hydrogens (tertiary/aromatic N) is 3. The maximum atomic E-state index is 13.2. The molecule has 1 aliphatic heterocycles. The van der Waals surface area contributed by atoms with Crippen LogP contribution in [0.4, 0.5) is 5.69 Å². The first-order valence-electron chi connectivity index (χ1n) is 10.3. The van der Waals surface area contributed by atoms with Crippen LogP contribution in [0.1, 0.15) is 17.3 Å². The van der Waals surface area contributed by atoms with Crippen molar-refractivity contribution in [1.82, 2.24) is 4.31 Å². The van der Waals surface area contributed by atoms with Crippen molar-refractivity contribution < 1.29 is 22.7 Å². The van der Waals surface area contributed by atoms with Gasteiger partial charge in [-0.3, -0.25) is 4.79 Å². The maximum absolute atomic E-state index is 13.2. The molecule has 1 saturated heterocycles. The van der Waals surface area contributed by atoms with Crippen LogP contribution >= 0.6 is 11.6 Å². The summed E-state index contributed by atoms with van der Waals surface area (Å²) >= 11 is 6.09. The number of halogens is 1. The number of esters is 1. The number of hydrogen-bond acceptors (Lipinski definition) is 8. The van der Waals surface area contributed by atoms with E-state index in [1.807, 2.05) is 30.3 Å². The lowest BCUT2D eigenvalue weighted by Gasteiger charge is -2.35. The van der Waals surface area contributed by atoms with Gasteiger partial charge in [0, 0.05) is 37.6 Å². The SMILES string of the molecule is C/C(N)=C(\C#N)C(=O)COC(=O)c1cc(S(=O)(=O)N2CCN(c3ccccc3)CC2)ccc1Cl. The van der Waals surface area contributed by atoms with Crippen molar-refractivity contribution in [3.05, 3.63) is 70.4 Å². The van der Waals surface area contributed by atoms with Crippen LogP contribution in [0, 0.1) is 11.3 Å². The first kappa shape index (κ1) is 25.2. The number of ketones is 1. The molecule has 9 nitrogen and oxygen atoms in total. The van der Waals surface area contributed by atoms with Crippen LogP contribution in [0.15, 0.2) is 64.7 Å². The number of hydrogen-bond donors (Lipinski definition) is 1. The summed E-state index contributed by atoms with van der Waals surface area (Å²) in [6.07, 6.45) is 0. The molecular formula is C23H23ClN4O5S. The smallest absolute Gasteiger partial charge is 0.340 e. The van der Waals surface area contributed by atoms with Crippen molar-refractivity contribution in [2.24, 2.45) is 5.73 Å². The minimum atomic E-state index is -3.89. The molecule has 0 spiro atoms. The first-order valence-corrected chi connectivity index (χ1v) is 12.1. The number of nitriles is 1. The molecule has 0 amide bonds.